The van der Waals surface area contributed by atoms with Gasteiger partial charge in [-0.2, -0.15) is 0 Å². The van der Waals surface area contributed by atoms with E-state index in [1.54, 1.807) is 0 Å². The molecule has 2 rings (SSSR count). The van der Waals surface area contributed by atoms with Gasteiger partial charge in [0.15, 0.2) is 0 Å². The van der Waals surface area contributed by atoms with Crippen LogP contribution in [0.2, 0.25) is 0 Å². The summed E-state index contributed by atoms with van der Waals surface area (Å²) in [4.78, 5) is 20.7. The number of hydrogen-bond acceptors (Lipinski definition) is 7. The lowest BCUT2D eigenvalue weighted by Gasteiger charge is -2.06. The molecular formula is C12H15N5O2S. The molecule has 2 aromatic rings. The molecule has 0 aliphatic heterocycles. The summed E-state index contributed by atoms with van der Waals surface area (Å²) < 4.78 is 8.76. The fraction of sp³-hybridized carbons (Fsp3) is 0.417. The summed E-state index contributed by atoms with van der Waals surface area (Å²) in [5.41, 5.74) is 1.30. The van der Waals surface area contributed by atoms with Crippen molar-refractivity contribution in [3.63, 3.8) is 0 Å². The number of amides is 1. The number of methoxy groups -OCH3 is 1. The van der Waals surface area contributed by atoms with E-state index in [0.717, 1.165) is 10.6 Å². The van der Waals surface area contributed by atoms with Gasteiger partial charge in [-0.25, -0.2) is 9.97 Å². The summed E-state index contributed by atoms with van der Waals surface area (Å²) in [6.07, 6.45) is 2.85. The molecule has 7 nitrogen and oxygen atoms in total. The Morgan fingerprint density at radius 1 is 1.40 bits per heavy atom. The Bertz CT molecular complexity index is 582. The van der Waals surface area contributed by atoms with Crippen molar-refractivity contribution < 1.29 is 9.53 Å². The summed E-state index contributed by atoms with van der Waals surface area (Å²) in [6, 6.07) is 0.232. The molecule has 0 aliphatic rings. The van der Waals surface area contributed by atoms with Crippen molar-refractivity contribution in [2.24, 2.45) is 0 Å². The molecule has 0 radical (unpaired) electrons. The Labute approximate surface area is 120 Å². The summed E-state index contributed by atoms with van der Waals surface area (Å²) in [6.45, 7) is 4.48. The topological polar surface area (TPSA) is 89.9 Å². The van der Waals surface area contributed by atoms with Gasteiger partial charge in [-0.1, -0.05) is 18.3 Å². The van der Waals surface area contributed by atoms with E-state index in [4.69, 9.17) is 4.74 Å². The average molecular weight is 293 g/mol. The molecule has 2 heterocycles. The third-order valence-corrected chi connectivity index (χ3v) is 3.35. The zero-order valence-electron chi connectivity index (χ0n) is 11.5. The van der Waals surface area contributed by atoms with Crippen molar-refractivity contribution in [3.8, 4) is 6.01 Å². The van der Waals surface area contributed by atoms with E-state index in [9.17, 15) is 4.79 Å². The summed E-state index contributed by atoms with van der Waals surface area (Å²) >= 11 is 1.29. The van der Waals surface area contributed by atoms with E-state index in [2.05, 4.69) is 24.9 Å². The van der Waals surface area contributed by atoms with Gasteiger partial charge in [-0.15, -0.1) is 5.10 Å². The van der Waals surface area contributed by atoms with Crippen LogP contribution in [0.25, 0.3) is 0 Å². The summed E-state index contributed by atoms with van der Waals surface area (Å²) in [7, 11) is 1.47. The number of carbonyl (C=O) groups is 1. The number of aromatic nitrogens is 4. The normalized spacial score (nSPS) is 10.6. The predicted molar refractivity (Wildman–Crippen MR) is 73.8 cm³/mol. The number of carbonyl (C=O) groups excluding carboxylic acids is 1. The molecule has 0 saturated heterocycles. The van der Waals surface area contributed by atoms with Crippen LogP contribution in [0.5, 0.6) is 6.01 Å². The lowest BCUT2D eigenvalue weighted by molar-refractivity contribution is 0.0950. The zero-order chi connectivity index (χ0) is 14.5. The number of nitrogens with one attached hydrogen (secondary N) is 1. The van der Waals surface area contributed by atoms with E-state index in [1.807, 2.05) is 13.8 Å². The van der Waals surface area contributed by atoms with Crippen LogP contribution in [0.1, 0.15) is 40.7 Å². The van der Waals surface area contributed by atoms with E-state index in [-0.39, 0.29) is 17.8 Å². The third-order valence-electron chi connectivity index (χ3n) is 2.61. The number of rotatable bonds is 5. The fourth-order valence-corrected chi connectivity index (χ4v) is 2.31. The van der Waals surface area contributed by atoms with Gasteiger partial charge in [-0.05, 0) is 17.5 Å². The Morgan fingerprint density at radius 3 is 2.70 bits per heavy atom. The maximum atomic E-state index is 12.0. The first-order chi connectivity index (χ1) is 9.61. The highest BCUT2D eigenvalue weighted by Gasteiger charge is 2.13. The molecule has 8 heteroatoms. The first kappa shape index (κ1) is 14.3. The molecule has 0 fully saturated rings. The smallest absolute Gasteiger partial charge is 0.316 e. The van der Waals surface area contributed by atoms with E-state index >= 15 is 0 Å². The number of nitrogens with zero attached hydrogens (tertiary/aromatic N) is 4. The monoisotopic (exact) mass is 293 g/mol. The molecule has 1 amide bonds. The molecule has 0 bridgehead atoms. The quantitative estimate of drug-likeness (QED) is 0.896. The van der Waals surface area contributed by atoms with Gasteiger partial charge < -0.3 is 10.1 Å². The van der Waals surface area contributed by atoms with E-state index in [1.165, 1.54) is 31.0 Å². The highest BCUT2D eigenvalue weighted by Crippen LogP contribution is 2.19. The molecule has 20 heavy (non-hydrogen) atoms. The maximum absolute atomic E-state index is 12.0. The first-order valence-electron chi connectivity index (χ1n) is 6.07. The van der Waals surface area contributed by atoms with Crippen LogP contribution in [-0.2, 0) is 6.54 Å². The second-order valence-electron chi connectivity index (χ2n) is 4.38. The minimum absolute atomic E-state index is 0.232. The van der Waals surface area contributed by atoms with Crippen LogP contribution in [0, 0.1) is 0 Å². The van der Waals surface area contributed by atoms with Crippen LogP contribution in [-0.4, -0.2) is 32.6 Å². The van der Waals surface area contributed by atoms with Gasteiger partial charge in [0, 0.05) is 12.4 Å². The SMILES string of the molecule is COc1ncc(C(=O)NCc2snnc2C(C)C)cn1. The Hall–Kier alpha value is -2.09. The molecule has 0 aromatic carbocycles. The standard InChI is InChI=1S/C12H15N5O2S/c1-7(2)10-9(20-17-16-10)6-13-11(18)8-4-14-12(19-3)15-5-8/h4-5,7H,6H2,1-3H3,(H,13,18). The molecule has 0 atom stereocenters. The highest BCUT2D eigenvalue weighted by molar-refractivity contribution is 7.05. The maximum Gasteiger partial charge on any atom is 0.316 e. The molecular weight excluding hydrogens is 278 g/mol. The van der Waals surface area contributed by atoms with Crippen molar-refractivity contribution in [1.29, 1.82) is 0 Å². The summed E-state index contributed by atoms with van der Waals surface area (Å²) in [5, 5.41) is 6.87. The van der Waals surface area contributed by atoms with E-state index < -0.39 is 0 Å². The molecule has 106 valence electrons. The molecule has 0 saturated carbocycles. The van der Waals surface area contributed by atoms with Crippen LogP contribution >= 0.6 is 11.5 Å². The Balaban J connectivity index is 1.99. The van der Waals surface area contributed by atoms with Gasteiger partial charge in [-0.3, -0.25) is 4.79 Å². The Kier molecular flexibility index (Phi) is 4.57. The lowest BCUT2D eigenvalue weighted by atomic mass is 10.1. The van der Waals surface area contributed by atoms with Crippen molar-refractivity contribution in [3.05, 3.63) is 28.5 Å². The van der Waals surface area contributed by atoms with Crippen molar-refractivity contribution in [2.75, 3.05) is 7.11 Å². The van der Waals surface area contributed by atoms with Gasteiger partial charge in [0.1, 0.15) is 0 Å². The molecule has 0 aliphatic carbocycles. The minimum atomic E-state index is -0.240. The van der Waals surface area contributed by atoms with Gasteiger partial charge in [0.25, 0.3) is 5.91 Å². The van der Waals surface area contributed by atoms with Gasteiger partial charge in [0.05, 0.1) is 29.8 Å². The minimum Gasteiger partial charge on any atom is -0.467 e. The second-order valence-corrected chi connectivity index (χ2v) is 5.22. The summed E-state index contributed by atoms with van der Waals surface area (Å²) in [5.74, 6) is 0.0423. The van der Waals surface area contributed by atoms with Crippen molar-refractivity contribution in [2.45, 2.75) is 26.3 Å². The molecule has 2 aromatic heterocycles. The number of ether oxygens (including phenoxy) is 1. The van der Waals surface area contributed by atoms with E-state index in [0.29, 0.717) is 12.1 Å². The van der Waals surface area contributed by atoms with Gasteiger partial charge in [0.2, 0.25) is 0 Å². The van der Waals surface area contributed by atoms with Crippen LogP contribution < -0.4 is 10.1 Å². The highest BCUT2D eigenvalue weighted by atomic mass is 32.1. The van der Waals surface area contributed by atoms with Crippen LogP contribution in [0.4, 0.5) is 0 Å². The van der Waals surface area contributed by atoms with Gasteiger partial charge >= 0.3 is 6.01 Å². The van der Waals surface area contributed by atoms with Crippen LogP contribution in [0.15, 0.2) is 12.4 Å². The van der Waals surface area contributed by atoms with Crippen molar-refractivity contribution in [1.82, 2.24) is 24.9 Å². The third kappa shape index (κ3) is 3.27. The van der Waals surface area contributed by atoms with Crippen molar-refractivity contribution >= 4 is 17.4 Å². The predicted octanol–water partition coefficient (Wildman–Crippen LogP) is 1.39. The lowest BCUT2D eigenvalue weighted by Crippen LogP contribution is -2.23. The molecule has 0 spiro atoms. The first-order valence-corrected chi connectivity index (χ1v) is 6.84. The fourth-order valence-electron chi connectivity index (χ4n) is 1.58. The molecule has 0 unspecified atom stereocenters. The average Bonchev–Trinajstić information content (AvgIpc) is 2.93. The number of hydrogen-bond donors (Lipinski definition) is 1. The largest absolute Gasteiger partial charge is 0.467 e. The molecule has 1 N–H and O–H groups in total. The van der Waals surface area contributed by atoms with Crippen LogP contribution in [0.3, 0.4) is 0 Å². The zero-order valence-corrected chi connectivity index (χ0v) is 12.3. The second kappa shape index (κ2) is 6.38. The Morgan fingerprint density at radius 2 is 2.10 bits per heavy atom.